The Kier molecular flexibility index (Phi) is 11.6. The smallest absolute Gasteiger partial charge is 0.343 e. The van der Waals surface area contributed by atoms with Crippen LogP contribution in [0.2, 0.25) is 0 Å². The highest BCUT2D eigenvalue weighted by Gasteiger charge is 2.21. The fraction of sp³-hybridized carbons (Fsp3) is 0.500. The molecule has 34 heavy (non-hydrogen) atoms. The first-order valence-electron chi connectivity index (χ1n) is 12.3. The van der Waals surface area contributed by atoms with E-state index in [1.807, 2.05) is 74.7 Å². The molecule has 0 atom stereocenters. The third-order valence-corrected chi connectivity index (χ3v) is 5.52. The van der Waals surface area contributed by atoms with Gasteiger partial charge in [0, 0.05) is 31.5 Å². The van der Waals surface area contributed by atoms with Gasteiger partial charge in [0.05, 0.1) is 25.5 Å². The standard InChI is InChI=1S/C18H24N2O3.C8H10O.C2H6/c1-12(2)23-16-9-17-19-15(13-7-5-4-6-8-13)11-20(17)10-14(16)18(21)22-3;1-9-7-8-5-3-2-4-6-8;1-2/h9-13H,4-8H2,1-3H3;2-6H,7H2,1H3;1-2H3. The summed E-state index contributed by atoms with van der Waals surface area (Å²) in [6.45, 7) is 8.58. The molecule has 0 N–H and O–H groups in total. The Bertz CT molecular complexity index is 992. The predicted molar refractivity (Wildman–Crippen MR) is 137 cm³/mol. The lowest BCUT2D eigenvalue weighted by molar-refractivity contribution is 0.0593. The molecule has 4 rings (SSSR count). The molecule has 0 aliphatic heterocycles. The molecule has 3 aromatic rings. The average molecular weight is 469 g/mol. The van der Waals surface area contributed by atoms with Gasteiger partial charge >= 0.3 is 5.97 Å². The van der Waals surface area contributed by atoms with Gasteiger partial charge in [-0.05, 0) is 32.3 Å². The molecule has 1 aliphatic rings. The molecule has 0 radical (unpaired) electrons. The third-order valence-electron chi connectivity index (χ3n) is 5.52. The van der Waals surface area contributed by atoms with Crippen LogP contribution in [0, 0.1) is 0 Å². The first-order chi connectivity index (χ1) is 16.5. The summed E-state index contributed by atoms with van der Waals surface area (Å²) in [6, 6.07) is 11.9. The molecule has 2 heterocycles. The zero-order valence-electron chi connectivity index (χ0n) is 21.5. The molecule has 2 aromatic heterocycles. The first-order valence-corrected chi connectivity index (χ1v) is 12.3. The zero-order valence-corrected chi connectivity index (χ0v) is 21.5. The maximum Gasteiger partial charge on any atom is 0.343 e. The van der Waals surface area contributed by atoms with Gasteiger partial charge in [-0.3, -0.25) is 0 Å². The van der Waals surface area contributed by atoms with Crippen LogP contribution in [0.1, 0.15) is 87.3 Å². The molecule has 1 saturated carbocycles. The van der Waals surface area contributed by atoms with E-state index in [0.717, 1.165) is 11.3 Å². The summed E-state index contributed by atoms with van der Waals surface area (Å²) in [5.74, 6) is 0.662. The van der Waals surface area contributed by atoms with Crippen LogP contribution in [0.25, 0.3) is 5.65 Å². The van der Waals surface area contributed by atoms with E-state index < -0.39 is 5.97 Å². The van der Waals surface area contributed by atoms with Gasteiger partial charge in [-0.15, -0.1) is 0 Å². The number of rotatable bonds is 6. The number of hydrogen-bond acceptors (Lipinski definition) is 5. The Morgan fingerprint density at radius 1 is 1.06 bits per heavy atom. The van der Waals surface area contributed by atoms with Gasteiger partial charge < -0.3 is 18.6 Å². The molecular formula is C28H40N2O4. The highest BCUT2D eigenvalue weighted by atomic mass is 16.5. The lowest BCUT2D eigenvalue weighted by Crippen LogP contribution is -2.12. The van der Waals surface area contributed by atoms with E-state index in [-0.39, 0.29) is 6.10 Å². The molecular weight excluding hydrogens is 428 g/mol. The summed E-state index contributed by atoms with van der Waals surface area (Å²) >= 11 is 0. The summed E-state index contributed by atoms with van der Waals surface area (Å²) in [4.78, 5) is 16.8. The molecule has 0 saturated heterocycles. The van der Waals surface area contributed by atoms with E-state index in [1.165, 1.54) is 44.8 Å². The van der Waals surface area contributed by atoms with E-state index in [9.17, 15) is 4.79 Å². The number of carbonyl (C=O) groups is 1. The molecule has 0 amide bonds. The number of benzene rings is 1. The van der Waals surface area contributed by atoms with E-state index in [1.54, 1.807) is 13.3 Å². The van der Waals surface area contributed by atoms with Gasteiger partial charge in [-0.25, -0.2) is 9.78 Å². The number of esters is 1. The van der Waals surface area contributed by atoms with Gasteiger partial charge in [0.25, 0.3) is 0 Å². The lowest BCUT2D eigenvalue weighted by atomic mass is 9.87. The maximum absolute atomic E-state index is 12.0. The Hall–Kier alpha value is -2.86. The molecule has 186 valence electrons. The number of pyridine rings is 1. The number of hydrogen-bond donors (Lipinski definition) is 0. The normalized spacial score (nSPS) is 13.5. The van der Waals surface area contributed by atoms with Crippen LogP contribution in [0.5, 0.6) is 5.75 Å². The van der Waals surface area contributed by atoms with Gasteiger partial charge in [0.2, 0.25) is 0 Å². The number of carbonyl (C=O) groups excluding carboxylic acids is 1. The number of methoxy groups -OCH3 is 2. The molecule has 6 nitrogen and oxygen atoms in total. The molecule has 0 spiro atoms. The Balaban J connectivity index is 0.000000311. The molecule has 1 fully saturated rings. The van der Waals surface area contributed by atoms with E-state index in [2.05, 4.69) is 0 Å². The van der Waals surface area contributed by atoms with Crippen molar-refractivity contribution in [1.82, 2.24) is 9.38 Å². The summed E-state index contributed by atoms with van der Waals surface area (Å²) in [5, 5.41) is 0. The van der Waals surface area contributed by atoms with Crippen molar-refractivity contribution in [3.8, 4) is 5.75 Å². The summed E-state index contributed by atoms with van der Waals surface area (Å²) in [7, 11) is 3.08. The second-order valence-corrected chi connectivity index (χ2v) is 8.39. The van der Waals surface area contributed by atoms with Crippen LogP contribution in [0.3, 0.4) is 0 Å². The third kappa shape index (κ3) is 7.87. The summed E-state index contributed by atoms with van der Waals surface area (Å²) in [5.41, 5.74) is 3.58. The minimum atomic E-state index is -0.393. The zero-order chi connectivity index (χ0) is 24.9. The van der Waals surface area contributed by atoms with Crippen LogP contribution in [0.4, 0.5) is 0 Å². The van der Waals surface area contributed by atoms with Crippen LogP contribution in [-0.2, 0) is 16.1 Å². The van der Waals surface area contributed by atoms with Crippen LogP contribution in [-0.4, -0.2) is 35.7 Å². The van der Waals surface area contributed by atoms with Crippen molar-refractivity contribution >= 4 is 11.6 Å². The minimum absolute atomic E-state index is 0.0198. The van der Waals surface area contributed by atoms with E-state index >= 15 is 0 Å². The van der Waals surface area contributed by atoms with Crippen molar-refractivity contribution in [3.63, 3.8) is 0 Å². The van der Waals surface area contributed by atoms with E-state index in [4.69, 9.17) is 19.2 Å². The Morgan fingerprint density at radius 2 is 1.74 bits per heavy atom. The minimum Gasteiger partial charge on any atom is -0.490 e. The number of fused-ring (bicyclic) bond motifs is 1. The first kappa shape index (κ1) is 27.4. The molecule has 0 unspecified atom stereocenters. The van der Waals surface area contributed by atoms with Crippen molar-refractivity contribution in [2.24, 2.45) is 0 Å². The fourth-order valence-corrected chi connectivity index (χ4v) is 3.99. The van der Waals surface area contributed by atoms with Crippen molar-refractivity contribution in [1.29, 1.82) is 0 Å². The molecule has 1 aromatic carbocycles. The Labute approximate surface area is 204 Å². The largest absolute Gasteiger partial charge is 0.490 e. The van der Waals surface area contributed by atoms with Crippen molar-refractivity contribution in [3.05, 3.63) is 65.6 Å². The fourth-order valence-electron chi connectivity index (χ4n) is 3.99. The molecule has 0 bridgehead atoms. The lowest BCUT2D eigenvalue weighted by Gasteiger charge is -2.19. The highest BCUT2D eigenvalue weighted by molar-refractivity contribution is 5.92. The highest BCUT2D eigenvalue weighted by Crippen LogP contribution is 2.33. The summed E-state index contributed by atoms with van der Waals surface area (Å²) < 4.78 is 17.5. The van der Waals surface area contributed by atoms with Gasteiger partial charge in [0.1, 0.15) is 17.0 Å². The van der Waals surface area contributed by atoms with Gasteiger partial charge in [-0.2, -0.15) is 0 Å². The second-order valence-electron chi connectivity index (χ2n) is 8.39. The second kappa shape index (κ2) is 14.4. The molecule has 1 aliphatic carbocycles. The van der Waals surface area contributed by atoms with Crippen LogP contribution in [0.15, 0.2) is 48.8 Å². The number of aromatic nitrogens is 2. The topological polar surface area (TPSA) is 62.1 Å². The monoisotopic (exact) mass is 468 g/mol. The number of nitrogens with zero attached hydrogens (tertiary/aromatic N) is 2. The SMILES string of the molecule is CC.COC(=O)c1cn2cc(C3CCCCC3)nc2cc1OC(C)C.COCc1ccccc1. The quantitative estimate of drug-likeness (QED) is 0.372. The molecule has 6 heteroatoms. The maximum atomic E-state index is 12.0. The number of ether oxygens (including phenoxy) is 3. The van der Waals surface area contributed by atoms with E-state index in [0.29, 0.717) is 23.8 Å². The Morgan fingerprint density at radius 3 is 2.32 bits per heavy atom. The number of imidazole rings is 1. The summed E-state index contributed by atoms with van der Waals surface area (Å²) in [6.07, 6.45) is 10.0. The van der Waals surface area contributed by atoms with Gasteiger partial charge in [-0.1, -0.05) is 63.4 Å². The van der Waals surface area contributed by atoms with Crippen LogP contribution < -0.4 is 4.74 Å². The van der Waals surface area contributed by atoms with Crippen molar-refractivity contribution in [2.75, 3.05) is 14.2 Å². The van der Waals surface area contributed by atoms with Crippen LogP contribution >= 0.6 is 0 Å². The van der Waals surface area contributed by atoms with Crippen molar-refractivity contribution < 1.29 is 19.0 Å². The predicted octanol–water partition coefficient (Wildman–Crippen LogP) is 6.82. The van der Waals surface area contributed by atoms with Gasteiger partial charge in [0.15, 0.2) is 0 Å². The average Bonchev–Trinajstić information content (AvgIpc) is 3.29. The van der Waals surface area contributed by atoms with Crippen molar-refractivity contribution in [2.45, 2.75) is 78.4 Å².